The van der Waals surface area contributed by atoms with Crippen LogP contribution in [0.5, 0.6) is 0 Å². The first-order valence-electron chi connectivity index (χ1n) is 14.3. The Kier molecular flexibility index (Phi) is 16.7. The first-order chi connectivity index (χ1) is 15.0. The third-order valence-electron chi connectivity index (χ3n) is 8.00. The molecular weight excluding hydrogens is 378 g/mol. The van der Waals surface area contributed by atoms with E-state index in [1.807, 2.05) is 6.92 Å². The number of nitrogens with zero attached hydrogens (tertiary/aromatic N) is 1. The molecule has 0 aromatic heterocycles. The molecule has 2 heteroatoms. The van der Waals surface area contributed by atoms with E-state index in [4.69, 9.17) is 0 Å². The van der Waals surface area contributed by atoms with Gasteiger partial charge in [0.1, 0.15) is 5.78 Å². The Balaban J connectivity index is 0.000000442. The molecule has 184 valence electrons. The molecule has 2 nitrogen and oxygen atoms in total. The second kappa shape index (κ2) is 18.1. The zero-order valence-electron chi connectivity index (χ0n) is 22.1. The zero-order chi connectivity index (χ0) is 22.9. The maximum atomic E-state index is 12.1. The summed E-state index contributed by atoms with van der Waals surface area (Å²) in [5, 5.41) is 0. The molecule has 2 aliphatic rings. The highest BCUT2D eigenvalue weighted by molar-refractivity contribution is 5.78. The van der Waals surface area contributed by atoms with Crippen LogP contribution in [0.2, 0.25) is 0 Å². The van der Waals surface area contributed by atoms with E-state index < -0.39 is 0 Å². The van der Waals surface area contributed by atoms with Gasteiger partial charge in [-0.05, 0) is 76.4 Å². The monoisotopic (exact) mass is 435 g/mol. The smallest absolute Gasteiger partial charge is 0.133 e. The Labute approximate surface area is 196 Å². The van der Waals surface area contributed by atoms with Crippen molar-refractivity contribution < 1.29 is 4.79 Å². The van der Waals surface area contributed by atoms with Gasteiger partial charge in [0, 0.05) is 5.92 Å². The van der Waals surface area contributed by atoms with Gasteiger partial charge in [0.15, 0.2) is 0 Å². The second-order valence-electron chi connectivity index (χ2n) is 10.8. The highest BCUT2D eigenvalue weighted by atomic mass is 16.1. The van der Waals surface area contributed by atoms with Crippen molar-refractivity contribution in [1.29, 1.82) is 0 Å². The van der Waals surface area contributed by atoms with Crippen molar-refractivity contribution in [2.75, 3.05) is 19.6 Å². The number of rotatable bonds is 13. The minimum Gasteiger partial charge on any atom is -0.303 e. The third-order valence-corrected chi connectivity index (χ3v) is 8.00. The van der Waals surface area contributed by atoms with Crippen LogP contribution in [0.3, 0.4) is 0 Å². The summed E-state index contributed by atoms with van der Waals surface area (Å²) in [6.45, 7) is 14.6. The van der Waals surface area contributed by atoms with Crippen LogP contribution in [-0.2, 0) is 4.79 Å². The quantitative estimate of drug-likeness (QED) is 0.288. The predicted molar refractivity (Wildman–Crippen MR) is 138 cm³/mol. The maximum Gasteiger partial charge on any atom is 0.133 e. The summed E-state index contributed by atoms with van der Waals surface area (Å²) in [6, 6.07) is 0. The lowest BCUT2D eigenvalue weighted by atomic mass is 9.70. The van der Waals surface area contributed by atoms with Crippen molar-refractivity contribution in [3.8, 4) is 0 Å². The molecule has 3 atom stereocenters. The molecule has 0 aromatic carbocycles. The lowest BCUT2D eigenvalue weighted by Gasteiger charge is -2.34. The van der Waals surface area contributed by atoms with Crippen molar-refractivity contribution in [3.05, 3.63) is 0 Å². The Morgan fingerprint density at radius 2 is 1.45 bits per heavy atom. The largest absolute Gasteiger partial charge is 0.303 e. The van der Waals surface area contributed by atoms with E-state index in [0.29, 0.717) is 17.6 Å². The minimum atomic E-state index is 0.324. The highest BCUT2D eigenvalue weighted by Gasteiger charge is 2.31. The summed E-state index contributed by atoms with van der Waals surface area (Å²) in [5.41, 5.74) is 0. The molecule has 2 fully saturated rings. The van der Waals surface area contributed by atoms with E-state index in [2.05, 4.69) is 32.6 Å². The van der Waals surface area contributed by atoms with Crippen LogP contribution in [-0.4, -0.2) is 30.3 Å². The number of unbranched alkanes of at least 4 members (excludes halogenated alkanes) is 1. The van der Waals surface area contributed by atoms with Gasteiger partial charge in [0.2, 0.25) is 0 Å². The van der Waals surface area contributed by atoms with E-state index >= 15 is 0 Å². The lowest BCUT2D eigenvalue weighted by Crippen LogP contribution is -2.31. The molecule has 0 amide bonds. The number of carbonyl (C=O) groups excluding carboxylic acids is 1. The van der Waals surface area contributed by atoms with E-state index in [9.17, 15) is 4.79 Å². The van der Waals surface area contributed by atoms with Gasteiger partial charge in [-0.15, -0.1) is 0 Å². The van der Waals surface area contributed by atoms with Gasteiger partial charge in [-0.25, -0.2) is 0 Å². The third kappa shape index (κ3) is 12.4. The van der Waals surface area contributed by atoms with E-state index in [0.717, 1.165) is 18.3 Å². The van der Waals surface area contributed by atoms with Crippen molar-refractivity contribution in [2.24, 2.45) is 23.7 Å². The number of hydrogen-bond acceptors (Lipinski definition) is 2. The SMILES string of the molecule is CCCC1CCCCC1.CCCCN(CCC)CCCC(C(C)=O)C1CCCCC1C. The van der Waals surface area contributed by atoms with E-state index in [1.54, 1.807) is 0 Å². The van der Waals surface area contributed by atoms with Crippen molar-refractivity contribution >= 4 is 5.78 Å². The van der Waals surface area contributed by atoms with Gasteiger partial charge in [-0.2, -0.15) is 0 Å². The molecule has 0 aromatic rings. The summed E-state index contributed by atoms with van der Waals surface area (Å²) in [7, 11) is 0. The number of Topliss-reactive ketones (excluding diaryl/α,β-unsaturated/α-hetero) is 1. The van der Waals surface area contributed by atoms with Crippen LogP contribution in [0.1, 0.15) is 137 Å². The minimum absolute atomic E-state index is 0.324. The summed E-state index contributed by atoms with van der Waals surface area (Å²) >= 11 is 0. The van der Waals surface area contributed by atoms with Crippen LogP contribution >= 0.6 is 0 Å². The molecule has 2 saturated carbocycles. The molecule has 0 saturated heterocycles. The van der Waals surface area contributed by atoms with Crippen LogP contribution < -0.4 is 0 Å². The number of carbonyl (C=O) groups is 1. The molecule has 2 rings (SSSR count). The fourth-order valence-corrected chi connectivity index (χ4v) is 6.11. The van der Waals surface area contributed by atoms with Gasteiger partial charge >= 0.3 is 0 Å². The Morgan fingerprint density at radius 3 is 2.03 bits per heavy atom. The zero-order valence-corrected chi connectivity index (χ0v) is 22.1. The average Bonchev–Trinajstić information content (AvgIpc) is 2.77. The molecule has 0 radical (unpaired) electrons. The fraction of sp³-hybridized carbons (Fsp3) is 0.966. The highest BCUT2D eigenvalue weighted by Crippen LogP contribution is 2.37. The second-order valence-corrected chi connectivity index (χ2v) is 10.8. The molecule has 0 heterocycles. The van der Waals surface area contributed by atoms with E-state index in [-0.39, 0.29) is 0 Å². The Bertz CT molecular complexity index is 426. The topological polar surface area (TPSA) is 20.3 Å². The van der Waals surface area contributed by atoms with Gasteiger partial charge in [0.25, 0.3) is 0 Å². The molecule has 0 aliphatic heterocycles. The number of ketones is 1. The van der Waals surface area contributed by atoms with Gasteiger partial charge in [-0.1, -0.05) is 98.3 Å². The first-order valence-corrected chi connectivity index (χ1v) is 14.3. The summed E-state index contributed by atoms with van der Waals surface area (Å²) in [4.78, 5) is 14.8. The first kappa shape index (κ1) is 28.7. The summed E-state index contributed by atoms with van der Waals surface area (Å²) < 4.78 is 0. The van der Waals surface area contributed by atoms with Crippen LogP contribution in [0.4, 0.5) is 0 Å². The maximum absolute atomic E-state index is 12.1. The molecule has 0 bridgehead atoms. The molecule has 3 unspecified atom stereocenters. The molecule has 0 N–H and O–H groups in total. The predicted octanol–water partition coefficient (Wildman–Crippen LogP) is 8.68. The lowest BCUT2D eigenvalue weighted by molar-refractivity contribution is -0.123. The van der Waals surface area contributed by atoms with Crippen molar-refractivity contribution in [2.45, 2.75) is 137 Å². The Hall–Kier alpha value is -0.370. The van der Waals surface area contributed by atoms with Crippen molar-refractivity contribution in [1.82, 2.24) is 4.90 Å². The van der Waals surface area contributed by atoms with E-state index in [1.165, 1.54) is 116 Å². The fourth-order valence-electron chi connectivity index (χ4n) is 6.11. The molecule has 0 spiro atoms. The summed E-state index contributed by atoms with van der Waals surface area (Å²) in [6.07, 6.45) is 21.8. The van der Waals surface area contributed by atoms with Crippen molar-refractivity contribution in [3.63, 3.8) is 0 Å². The molecular formula is C29H57NO. The van der Waals surface area contributed by atoms with Crippen LogP contribution in [0.15, 0.2) is 0 Å². The van der Waals surface area contributed by atoms with Gasteiger partial charge in [-0.3, -0.25) is 4.79 Å². The standard InChI is InChI=1S/C20H39NO.C9H18/c1-5-7-15-21(14-6-2)16-10-13-20(18(4)22)19-12-9-8-11-17(19)3;1-2-6-9-7-4-3-5-8-9/h17,19-20H,5-16H2,1-4H3;9H,2-8H2,1H3. The van der Waals surface area contributed by atoms with Crippen LogP contribution in [0, 0.1) is 23.7 Å². The summed E-state index contributed by atoms with van der Waals surface area (Å²) in [5.74, 6) is 3.26. The van der Waals surface area contributed by atoms with Crippen LogP contribution in [0.25, 0.3) is 0 Å². The molecule has 31 heavy (non-hydrogen) atoms. The van der Waals surface area contributed by atoms with Gasteiger partial charge in [0.05, 0.1) is 0 Å². The number of hydrogen-bond donors (Lipinski definition) is 0. The average molecular weight is 436 g/mol. The van der Waals surface area contributed by atoms with Gasteiger partial charge < -0.3 is 4.90 Å². The Morgan fingerprint density at radius 1 is 0.806 bits per heavy atom. The normalized spacial score (nSPS) is 23.3. The molecule has 2 aliphatic carbocycles.